The van der Waals surface area contributed by atoms with E-state index in [-0.39, 0.29) is 81.6 Å². The Morgan fingerprint density at radius 1 is 0.920 bits per heavy atom. The molecule has 4 aromatic carbocycles. The standard InChI is InChI=1S/C54H59N5O16/c1-6-73-53(70)51-57-56-50(32-18-31(25(2)3)35(61)20-36(32)62)59(51)29-12-10-27(11-13-29)23-58-16-14-28(15-17-58)52(69)55-34-19-40(74-26(4)45(34)64)75-38-22-54(71,39(63)24-60)21-33-42(38)49(68)44-43(47(33)66)46(65)30-8-7-9-37(72-5)41(30)48(44)67/h7-13,18,20,25-26,28,34,38,40,45,60-62,64,66,68,71H,6,14-17,19,21-24H2,1-5H3,(H,55,69)/t26-,34?,38-,40-,45+,54-/m0/s1. The van der Waals surface area contributed by atoms with Gasteiger partial charge in [-0.05, 0) is 81.1 Å². The molecule has 0 spiro atoms. The quantitative estimate of drug-likeness (QED) is 0.0564. The number of methoxy groups -OCH3 is 1. The molecule has 3 heterocycles. The normalized spacial score (nSPS) is 22.8. The average Bonchev–Trinajstić information content (AvgIpc) is 3.83. The Kier molecular flexibility index (Phi) is 14.6. The number of phenolic OH excluding ortho intramolecular Hbond substituents is 4. The number of piperidine rings is 1. The van der Waals surface area contributed by atoms with Gasteiger partial charge in [-0.25, -0.2) is 4.79 Å². The Labute approximate surface area is 430 Å². The molecule has 2 aliphatic carbocycles. The molecule has 5 aromatic rings. The smallest absolute Gasteiger partial charge is 0.376 e. The van der Waals surface area contributed by atoms with E-state index in [4.69, 9.17) is 18.9 Å². The third kappa shape index (κ3) is 9.59. The fraction of sp³-hybridized carbons (Fsp3) is 0.426. The van der Waals surface area contributed by atoms with Gasteiger partial charge in [0.05, 0.1) is 54.2 Å². The summed E-state index contributed by atoms with van der Waals surface area (Å²) in [6.45, 7) is 7.68. The van der Waals surface area contributed by atoms with Gasteiger partial charge in [-0.1, -0.05) is 38.1 Å². The van der Waals surface area contributed by atoms with Gasteiger partial charge in [0.25, 0.3) is 0 Å². The van der Waals surface area contributed by atoms with Crippen LogP contribution in [0.2, 0.25) is 0 Å². The third-order valence-corrected chi connectivity index (χ3v) is 14.8. The van der Waals surface area contributed by atoms with Crippen LogP contribution >= 0.6 is 0 Å². The SMILES string of the molecule is CCOC(=O)c1nnc(-c2cc(C(C)C)c(O)cc2O)n1-c1ccc(CN2CCC(C(=O)NC3C[C@H](O[C@H]4C[C@](O)(C(=O)CO)Cc5c(O)c6c(c(O)c54)C(=O)c4c(OC)cccc4C6=O)O[C@@H](C)[C@H]3O)CC2)cc1. The molecule has 9 rings (SSSR count). The Morgan fingerprint density at radius 3 is 2.29 bits per heavy atom. The van der Waals surface area contributed by atoms with Crippen molar-refractivity contribution in [1.29, 1.82) is 0 Å². The number of aromatic hydroxyl groups is 4. The predicted octanol–water partition coefficient (Wildman–Crippen LogP) is 4.03. The first-order chi connectivity index (χ1) is 35.8. The van der Waals surface area contributed by atoms with Crippen molar-refractivity contribution in [1.82, 2.24) is 25.0 Å². The molecule has 75 heavy (non-hydrogen) atoms. The molecule has 1 aromatic heterocycles. The number of Topliss-reactive ketones (excluding diaryl/α,β-unsaturated/α-hetero) is 1. The van der Waals surface area contributed by atoms with Gasteiger partial charge in [0, 0.05) is 60.2 Å². The number of ketones is 3. The summed E-state index contributed by atoms with van der Waals surface area (Å²) >= 11 is 0. The Morgan fingerprint density at radius 2 is 1.63 bits per heavy atom. The van der Waals surface area contributed by atoms with Crippen LogP contribution in [0.3, 0.4) is 0 Å². The Balaban J connectivity index is 0.880. The minimum Gasteiger partial charge on any atom is -0.508 e. The van der Waals surface area contributed by atoms with Crippen LogP contribution in [0.4, 0.5) is 0 Å². The summed E-state index contributed by atoms with van der Waals surface area (Å²) in [7, 11) is 1.31. The highest BCUT2D eigenvalue weighted by molar-refractivity contribution is 6.31. The number of hydrogen-bond donors (Lipinski definition) is 8. The maximum Gasteiger partial charge on any atom is 0.376 e. The van der Waals surface area contributed by atoms with Gasteiger partial charge >= 0.3 is 5.97 Å². The number of amides is 1. The monoisotopic (exact) mass is 1030 g/mol. The number of likely N-dealkylation sites (tertiary alicyclic amines) is 1. The van der Waals surface area contributed by atoms with Crippen LogP contribution in [-0.2, 0) is 36.8 Å². The van der Waals surface area contributed by atoms with Crippen molar-refractivity contribution in [2.75, 3.05) is 33.4 Å². The van der Waals surface area contributed by atoms with Gasteiger partial charge in [0.2, 0.25) is 17.5 Å². The summed E-state index contributed by atoms with van der Waals surface area (Å²) in [5, 5.41) is 89.3. The molecule has 21 heteroatoms. The number of hydrogen-bond acceptors (Lipinski definition) is 19. The lowest BCUT2D eigenvalue weighted by molar-refractivity contribution is -0.249. The number of nitrogens with zero attached hydrogens (tertiary/aromatic N) is 4. The summed E-state index contributed by atoms with van der Waals surface area (Å²) in [4.78, 5) is 70.3. The molecule has 4 aliphatic rings. The number of fused-ring (bicyclic) bond motifs is 3. The zero-order valence-electron chi connectivity index (χ0n) is 41.9. The number of phenols is 4. The van der Waals surface area contributed by atoms with Crippen molar-refractivity contribution in [2.24, 2.45) is 5.92 Å². The molecule has 2 fully saturated rings. The molecule has 21 nitrogen and oxygen atoms in total. The molecule has 0 bridgehead atoms. The van der Waals surface area contributed by atoms with Crippen molar-refractivity contribution in [2.45, 2.75) is 109 Å². The molecule has 2 aliphatic heterocycles. The van der Waals surface area contributed by atoms with Crippen LogP contribution in [-0.4, -0.2) is 148 Å². The van der Waals surface area contributed by atoms with Crippen molar-refractivity contribution < 1.29 is 78.7 Å². The lowest BCUT2D eigenvalue weighted by Gasteiger charge is -2.43. The second kappa shape index (κ2) is 20.8. The molecular weight excluding hydrogens is 975 g/mol. The Bertz CT molecular complexity index is 3090. The number of nitrogens with one attached hydrogen (secondary N) is 1. The molecule has 8 N–H and O–H groups in total. The van der Waals surface area contributed by atoms with E-state index in [1.807, 2.05) is 26.0 Å². The lowest BCUT2D eigenvalue weighted by atomic mass is 9.72. The summed E-state index contributed by atoms with van der Waals surface area (Å²) in [5.74, 6) is -5.90. The van der Waals surface area contributed by atoms with Crippen molar-refractivity contribution >= 4 is 29.2 Å². The number of rotatable bonds is 14. The highest BCUT2D eigenvalue weighted by Gasteiger charge is 2.50. The fourth-order valence-corrected chi connectivity index (χ4v) is 10.8. The number of carbonyl (C=O) groups excluding carboxylic acids is 5. The van der Waals surface area contributed by atoms with Crippen LogP contribution in [0.15, 0.2) is 54.6 Å². The molecule has 0 radical (unpaired) electrons. The molecular formula is C54H59N5O16. The van der Waals surface area contributed by atoms with Gasteiger partial charge in [0.1, 0.15) is 47.1 Å². The zero-order chi connectivity index (χ0) is 53.8. The fourth-order valence-electron chi connectivity index (χ4n) is 10.8. The number of aliphatic hydroxyl groups is 3. The average molecular weight is 1030 g/mol. The van der Waals surface area contributed by atoms with E-state index in [0.29, 0.717) is 43.7 Å². The topological polar surface area (TPSA) is 310 Å². The molecule has 1 unspecified atom stereocenters. The lowest BCUT2D eigenvalue weighted by Crippen LogP contribution is -2.57. The van der Waals surface area contributed by atoms with Crippen LogP contribution in [0.25, 0.3) is 17.1 Å². The summed E-state index contributed by atoms with van der Waals surface area (Å²) in [6.07, 6.45) is -5.26. The van der Waals surface area contributed by atoms with Gasteiger partial charge < -0.3 is 60.0 Å². The first kappa shape index (κ1) is 52.6. The highest BCUT2D eigenvalue weighted by Crippen LogP contribution is 2.53. The van der Waals surface area contributed by atoms with E-state index in [0.717, 1.165) is 5.56 Å². The molecule has 396 valence electrons. The van der Waals surface area contributed by atoms with E-state index in [2.05, 4.69) is 20.4 Å². The van der Waals surface area contributed by atoms with E-state index < -0.39 is 108 Å². The van der Waals surface area contributed by atoms with Crippen LogP contribution in [0.5, 0.6) is 28.7 Å². The van der Waals surface area contributed by atoms with Crippen molar-refractivity contribution in [3.05, 3.63) is 105 Å². The molecule has 6 atom stereocenters. The van der Waals surface area contributed by atoms with Crippen LogP contribution in [0.1, 0.15) is 130 Å². The minimum atomic E-state index is -2.37. The van der Waals surface area contributed by atoms with Gasteiger partial charge in [-0.2, -0.15) is 0 Å². The van der Waals surface area contributed by atoms with Gasteiger partial charge in [0.15, 0.2) is 23.7 Å². The van der Waals surface area contributed by atoms with Gasteiger partial charge in [-0.3, -0.25) is 28.6 Å². The van der Waals surface area contributed by atoms with E-state index in [9.17, 15) is 59.7 Å². The van der Waals surface area contributed by atoms with Gasteiger partial charge in [-0.15, -0.1) is 10.2 Å². The van der Waals surface area contributed by atoms with Crippen LogP contribution in [0, 0.1) is 5.92 Å². The minimum absolute atomic E-state index is 0.0539. The van der Waals surface area contributed by atoms with E-state index >= 15 is 0 Å². The summed E-state index contributed by atoms with van der Waals surface area (Å²) in [6, 6.07) is 13.6. The molecule has 2 saturated heterocycles. The molecule has 1 amide bonds. The predicted molar refractivity (Wildman–Crippen MR) is 264 cm³/mol. The first-order valence-corrected chi connectivity index (χ1v) is 24.8. The number of aliphatic hydroxyl groups excluding tert-OH is 2. The first-order valence-electron chi connectivity index (χ1n) is 24.8. The highest BCUT2D eigenvalue weighted by atomic mass is 16.7. The largest absolute Gasteiger partial charge is 0.508 e. The number of esters is 1. The number of benzene rings is 4. The number of carbonyl (C=O) groups is 5. The van der Waals surface area contributed by atoms with Crippen LogP contribution < -0.4 is 10.1 Å². The molecule has 0 saturated carbocycles. The third-order valence-electron chi connectivity index (χ3n) is 14.8. The maximum absolute atomic E-state index is 14.1. The van der Waals surface area contributed by atoms with Crippen molar-refractivity contribution in [3.8, 4) is 45.8 Å². The zero-order valence-corrected chi connectivity index (χ0v) is 41.9. The summed E-state index contributed by atoms with van der Waals surface area (Å²) in [5.41, 5.74) is -1.82. The number of ether oxygens (including phenoxy) is 4. The number of aromatic nitrogens is 3. The second-order valence-corrected chi connectivity index (χ2v) is 19.8. The van der Waals surface area contributed by atoms with E-state index in [1.54, 1.807) is 32.0 Å². The maximum atomic E-state index is 14.1. The second-order valence-electron chi connectivity index (χ2n) is 19.8. The summed E-state index contributed by atoms with van der Waals surface area (Å²) < 4.78 is 24.5. The Hall–Kier alpha value is -7.27. The van der Waals surface area contributed by atoms with Crippen molar-refractivity contribution in [3.63, 3.8) is 0 Å². The van der Waals surface area contributed by atoms with E-state index in [1.165, 1.54) is 35.9 Å².